The molecule has 0 aliphatic heterocycles. The Hall–Kier alpha value is -1.47. The van der Waals surface area contributed by atoms with Crippen LogP contribution >= 0.6 is 11.3 Å². The summed E-state index contributed by atoms with van der Waals surface area (Å²) in [6.07, 6.45) is 6.36. The zero-order valence-corrected chi connectivity index (χ0v) is 14.0. The Bertz CT molecular complexity index is 536. The summed E-state index contributed by atoms with van der Waals surface area (Å²) in [6.45, 7) is 3.59. The molecule has 2 rings (SSSR count). The summed E-state index contributed by atoms with van der Waals surface area (Å²) in [7, 11) is 0. The third-order valence-electron chi connectivity index (χ3n) is 3.81. The molecule has 122 valence electrons. The summed E-state index contributed by atoms with van der Waals surface area (Å²) in [5.74, 6) is 0.0238. The minimum Gasteiger partial charge on any atom is -0.347 e. The van der Waals surface area contributed by atoms with Crippen LogP contribution in [0, 0.1) is 0 Å². The molecule has 1 aromatic rings. The van der Waals surface area contributed by atoms with Crippen LogP contribution in [0.4, 0.5) is 5.82 Å². The lowest BCUT2D eigenvalue weighted by molar-refractivity contribution is -0.117. The number of anilines is 1. The number of nitrogens with two attached hydrogens (primary N) is 1. The Kier molecular flexibility index (Phi) is 5.90. The number of amides is 2. The lowest BCUT2D eigenvalue weighted by atomic mass is 9.95. The van der Waals surface area contributed by atoms with E-state index in [4.69, 9.17) is 5.73 Å². The molecule has 1 aliphatic carbocycles. The van der Waals surface area contributed by atoms with Gasteiger partial charge in [0, 0.05) is 10.9 Å². The van der Waals surface area contributed by atoms with Crippen LogP contribution in [0.15, 0.2) is 0 Å². The Balaban J connectivity index is 2.05. The molecule has 1 unspecified atom stereocenters. The normalized spacial score (nSPS) is 17.0. The quantitative estimate of drug-likeness (QED) is 0.772. The molecule has 4 N–H and O–H groups in total. The Morgan fingerprint density at radius 2 is 2.05 bits per heavy atom. The zero-order chi connectivity index (χ0) is 16.1. The maximum Gasteiger partial charge on any atom is 0.280 e. The molecule has 1 fully saturated rings. The highest BCUT2D eigenvalue weighted by atomic mass is 32.1. The Labute approximate surface area is 134 Å². The van der Waals surface area contributed by atoms with Gasteiger partial charge in [0.1, 0.15) is 5.82 Å². The van der Waals surface area contributed by atoms with E-state index in [0.29, 0.717) is 17.2 Å². The van der Waals surface area contributed by atoms with Gasteiger partial charge in [-0.3, -0.25) is 9.59 Å². The standard InChI is InChI=1S/C15H24N4O2S/c1-3-11-12(18-13(20)9(2)16)19-15(22-11)14(21)17-10-7-5-4-6-8-10/h9-10H,3-8,16H2,1-2H3,(H,17,21)(H,18,20). The topological polar surface area (TPSA) is 97.1 Å². The second-order valence-electron chi connectivity index (χ2n) is 5.73. The van der Waals surface area contributed by atoms with Crippen LogP contribution in [0.25, 0.3) is 0 Å². The van der Waals surface area contributed by atoms with Gasteiger partial charge in [0.25, 0.3) is 5.91 Å². The number of nitrogens with zero attached hydrogens (tertiary/aromatic N) is 1. The first-order chi connectivity index (χ1) is 10.5. The summed E-state index contributed by atoms with van der Waals surface area (Å²) in [5.41, 5.74) is 5.55. The molecule has 1 aliphatic rings. The van der Waals surface area contributed by atoms with E-state index < -0.39 is 6.04 Å². The highest BCUT2D eigenvalue weighted by Crippen LogP contribution is 2.25. The Morgan fingerprint density at radius 3 is 2.64 bits per heavy atom. The smallest absolute Gasteiger partial charge is 0.280 e. The van der Waals surface area contributed by atoms with E-state index in [1.165, 1.54) is 30.6 Å². The zero-order valence-electron chi connectivity index (χ0n) is 13.1. The van der Waals surface area contributed by atoms with Gasteiger partial charge < -0.3 is 16.4 Å². The molecule has 1 saturated carbocycles. The fourth-order valence-corrected chi connectivity index (χ4v) is 3.37. The van der Waals surface area contributed by atoms with Crippen molar-refractivity contribution in [3.8, 4) is 0 Å². The monoisotopic (exact) mass is 324 g/mol. The van der Waals surface area contributed by atoms with Crippen molar-refractivity contribution >= 4 is 29.0 Å². The molecule has 0 bridgehead atoms. The number of carbonyl (C=O) groups is 2. The largest absolute Gasteiger partial charge is 0.347 e. The highest BCUT2D eigenvalue weighted by Gasteiger charge is 2.21. The van der Waals surface area contributed by atoms with Crippen molar-refractivity contribution in [1.82, 2.24) is 10.3 Å². The Morgan fingerprint density at radius 1 is 1.36 bits per heavy atom. The molecular weight excluding hydrogens is 300 g/mol. The van der Waals surface area contributed by atoms with Gasteiger partial charge in [0.15, 0.2) is 5.01 Å². The second kappa shape index (κ2) is 7.69. The lowest BCUT2D eigenvalue weighted by Gasteiger charge is -2.22. The minimum atomic E-state index is -0.606. The van der Waals surface area contributed by atoms with Crippen molar-refractivity contribution in [2.24, 2.45) is 5.73 Å². The number of aromatic nitrogens is 1. The van der Waals surface area contributed by atoms with Crippen molar-refractivity contribution in [2.45, 2.75) is 64.5 Å². The van der Waals surface area contributed by atoms with Crippen LogP contribution in [-0.2, 0) is 11.2 Å². The third-order valence-corrected chi connectivity index (χ3v) is 5.01. The van der Waals surface area contributed by atoms with Crippen LogP contribution in [0.3, 0.4) is 0 Å². The fourth-order valence-electron chi connectivity index (χ4n) is 2.51. The van der Waals surface area contributed by atoms with Gasteiger partial charge in [-0.15, -0.1) is 11.3 Å². The first kappa shape index (κ1) is 16.9. The van der Waals surface area contributed by atoms with Gasteiger partial charge in [-0.25, -0.2) is 4.98 Å². The number of thiazole rings is 1. The van der Waals surface area contributed by atoms with Crippen LogP contribution in [-0.4, -0.2) is 28.9 Å². The van der Waals surface area contributed by atoms with E-state index in [0.717, 1.165) is 17.7 Å². The molecule has 0 radical (unpaired) electrons. The molecule has 1 atom stereocenters. The summed E-state index contributed by atoms with van der Waals surface area (Å²) in [5, 5.41) is 6.15. The molecule has 22 heavy (non-hydrogen) atoms. The maximum atomic E-state index is 12.3. The minimum absolute atomic E-state index is 0.145. The van der Waals surface area contributed by atoms with Gasteiger partial charge in [-0.2, -0.15) is 0 Å². The summed E-state index contributed by atoms with van der Waals surface area (Å²) in [6, 6.07) is -0.358. The second-order valence-corrected chi connectivity index (χ2v) is 6.81. The van der Waals surface area contributed by atoms with Crippen molar-refractivity contribution in [3.63, 3.8) is 0 Å². The van der Waals surface area contributed by atoms with Crippen LogP contribution in [0.1, 0.15) is 60.6 Å². The summed E-state index contributed by atoms with van der Waals surface area (Å²) >= 11 is 1.33. The molecule has 0 aromatic carbocycles. The molecule has 2 amide bonds. The summed E-state index contributed by atoms with van der Waals surface area (Å²) in [4.78, 5) is 29.2. The number of rotatable bonds is 5. The lowest BCUT2D eigenvalue weighted by Crippen LogP contribution is -2.36. The molecule has 1 aromatic heterocycles. The van der Waals surface area contributed by atoms with Gasteiger partial charge in [0.05, 0.1) is 6.04 Å². The van der Waals surface area contributed by atoms with E-state index in [2.05, 4.69) is 15.6 Å². The van der Waals surface area contributed by atoms with Gasteiger partial charge >= 0.3 is 0 Å². The van der Waals surface area contributed by atoms with E-state index >= 15 is 0 Å². The maximum absolute atomic E-state index is 12.3. The van der Waals surface area contributed by atoms with Crippen LogP contribution in [0.5, 0.6) is 0 Å². The van der Waals surface area contributed by atoms with Crippen LogP contribution in [0.2, 0.25) is 0 Å². The number of hydrogen-bond acceptors (Lipinski definition) is 5. The number of nitrogens with one attached hydrogen (secondary N) is 2. The molecule has 0 saturated heterocycles. The van der Waals surface area contributed by atoms with Crippen molar-refractivity contribution in [2.75, 3.05) is 5.32 Å². The SMILES string of the molecule is CCc1sc(C(=O)NC2CCCCC2)nc1NC(=O)C(C)N. The van der Waals surface area contributed by atoms with E-state index in [1.807, 2.05) is 6.92 Å². The van der Waals surface area contributed by atoms with E-state index in [-0.39, 0.29) is 17.9 Å². The molecule has 7 heteroatoms. The molecular formula is C15H24N4O2S. The van der Waals surface area contributed by atoms with Gasteiger partial charge in [-0.1, -0.05) is 26.2 Å². The molecule has 0 spiro atoms. The first-order valence-corrected chi connectivity index (χ1v) is 8.70. The predicted octanol–water partition coefficient (Wildman–Crippen LogP) is 2.05. The summed E-state index contributed by atoms with van der Waals surface area (Å²) < 4.78 is 0. The predicted molar refractivity (Wildman–Crippen MR) is 88.1 cm³/mol. The number of aryl methyl sites for hydroxylation is 1. The number of carbonyl (C=O) groups excluding carboxylic acids is 2. The molecule has 1 heterocycles. The highest BCUT2D eigenvalue weighted by molar-refractivity contribution is 7.14. The molecule has 6 nitrogen and oxygen atoms in total. The fraction of sp³-hybridized carbons (Fsp3) is 0.667. The van der Waals surface area contributed by atoms with Gasteiger partial charge in [-0.05, 0) is 26.2 Å². The third kappa shape index (κ3) is 4.27. The van der Waals surface area contributed by atoms with Crippen molar-refractivity contribution in [3.05, 3.63) is 9.88 Å². The van der Waals surface area contributed by atoms with Crippen molar-refractivity contribution < 1.29 is 9.59 Å². The van der Waals surface area contributed by atoms with Crippen molar-refractivity contribution in [1.29, 1.82) is 0 Å². The van der Waals surface area contributed by atoms with Gasteiger partial charge in [0.2, 0.25) is 5.91 Å². The first-order valence-electron chi connectivity index (χ1n) is 7.88. The van der Waals surface area contributed by atoms with Crippen LogP contribution < -0.4 is 16.4 Å². The van der Waals surface area contributed by atoms with E-state index in [1.54, 1.807) is 6.92 Å². The average molecular weight is 324 g/mol. The number of hydrogen-bond donors (Lipinski definition) is 3. The average Bonchev–Trinajstić information content (AvgIpc) is 2.91. The van der Waals surface area contributed by atoms with E-state index in [9.17, 15) is 9.59 Å².